The van der Waals surface area contributed by atoms with Crippen LogP contribution in [-0.2, 0) is 16.0 Å². The van der Waals surface area contributed by atoms with Gasteiger partial charge >= 0.3 is 6.03 Å². The monoisotopic (exact) mass is 425 g/mol. The summed E-state index contributed by atoms with van der Waals surface area (Å²) in [5, 5.41) is 15.2. The molecule has 162 valence electrons. The Bertz CT molecular complexity index is 1040. The van der Waals surface area contributed by atoms with Crippen LogP contribution in [0, 0.1) is 0 Å². The molecule has 1 fully saturated rings. The van der Waals surface area contributed by atoms with Gasteiger partial charge in [0.05, 0.1) is 14.2 Å². The summed E-state index contributed by atoms with van der Waals surface area (Å²) >= 11 is 0. The highest BCUT2D eigenvalue weighted by Gasteiger charge is 2.35. The number of benzene rings is 2. The number of imide groups is 1. The van der Waals surface area contributed by atoms with Gasteiger partial charge in [-0.15, -0.1) is 0 Å². The van der Waals surface area contributed by atoms with Crippen molar-refractivity contribution in [2.24, 2.45) is 0 Å². The Kier molecular flexibility index (Phi) is 6.44. The van der Waals surface area contributed by atoms with Gasteiger partial charge in [-0.3, -0.25) is 9.59 Å². The maximum atomic E-state index is 12.7. The minimum Gasteiger partial charge on any atom is -0.502 e. The van der Waals surface area contributed by atoms with Gasteiger partial charge in [-0.05, 0) is 41.8 Å². The number of carbonyl (C=O) groups is 3. The van der Waals surface area contributed by atoms with Crippen molar-refractivity contribution in [1.29, 1.82) is 0 Å². The van der Waals surface area contributed by atoms with Gasteiger partial charge in [0.2, 0.25) is 11.7 Å². The molecule has 3 rings (SSSR count). The molecule has 0 aromatic heterocycles. The van der Waals surface area contributed by atoms with Crippen molar-refractivity contribution >= 4 is 29.6 Å². The first-order valence-electron chi connectivity index (χ1n) is 9.55. The number of methoxy groups -OCH3 is 2. The van der Waals surface area contributed by atoms with E-state index in [0.717, 1.165) is 16.9 Å². The Labute approximate surface area is 179 Å². The van der Waals surface area contributed by atoms with Crippen molar-refractivity contribution in [1.82, 2.24) is 10.2 Å². The molecule has 1 heterocycles. The van der Waals surface area contributed by atoms with Crippen molar-refractivity contribution < 1.29 is 29.0 Å². The van der Waals surface area contributed by atoms with Crippen molar-refractivity contribution in [2.45, 2.75) is 13.3 Å². The number of hydrogen-bond acceptors (Lipinski definition) is 6. The predicted octanol–water partition coefficient (Wildman–Crippen LogP) is 2.50. The third kappa shape index (κ3) is 4.61. The molecule has 0 radical (unpaired) electrons. The lowest BCUT2D eigenvalue weighted by Crippen LogP contribution is -2.38. The van der Waals surface area contributed by atoms with Crippen molar-refractivity contribution in [3.63, 3.8) is 0 Å². The molecule has 9 nitrogen and oxygen atoms in total. The molecular formula is C22H23N3O6. The molecule has 0 spiro atoms. The minimum atomic E-state index is -0.701. The summed E-state index contributed by atoms with van der Waals surface area (Å²) in [6.07, 6.45) is 2.14. The van der Waals surface area contributed by atoms with Crippen LogP contribution in [0.1, 0.15) is 18.1 Å². The van der Waals surface area contributed by atoms with E-state index >= 15 is 0 Å². The highest BCUT2D eigenvalue weighted by atomic mass is 16.5. The van der Waals surface area contributed by atoms with Crippen LogP contribution < -0.4 is 20.1 Å². The number of amides is 4. The van der Waals surface area contributed by atoms with Crippen molar-refractivity contribution in [3.05, 3.63) is 53.2 Å². The minimum absolute atomic E-state index is 0.0124. The summed E-state index contributed by atoms with van der Waals surface area (Å²) in [5.41, 5.74) is 2.03. The van der Waals surface area contributed by atoms with Crippen LogP contribution in [0.5, 0.6) is 17.2 Å². The second-order valence-corrected chi connectivity index (χ2v) is 6.71. The molecule has 1 aliphatic heterocycles. The molecule has 0 unspecified atom stereocenters. The third-order valence-corrected chi connectivity index (χ3v) is 4.75. The number of nitrogens with zero attached hydrogens (tertiary/aromatic N) is 1. The summed E-state index contributed by atoms with van der Waals surface area (Å²) in [7, 11) is 2.76. The SMILES string of the molecule is CCc1ccccc1NC(=O)CN1C(=O)N/C(=C/c2cc(OC)c(O)c(OC)c2)C1=O. The summed E-state index contributed by atoms with van der Waals surface area (Å²) in [6.45, 7) is 1.54. The van der Waals surface area contributed by atoms with Gasteiger partial charge in [0.1, 0.15) is 12.2 Å². The maximum absolute atomic E-state index is 12.7. The molecule has 0 atom stereocenters. The Morgan fingerprint density at radius 2 is 1.81 bits per heavy atom. The van der Waals surface area contributed by atoms with Gasteiger partial charge in [0, 0.05) is 5.69 Å². The number of nitrogens with one attached hydrogen (secondary N) is 2. The number of ether oxygens (including phenoxy) is 2. The maximum Gasteiger partial charge on any atom is 0.329 e. The first-order valence-corrected chi connectivity index (χ1v) is 9.55. The van der Waals surface area contributed by atoms with Crippen LogP contribution in [0.25, 0.3) is 6.08 Å². The number of para-hydroxylation sites is 1. The highest BCUT2D eigenvalue weighted by molar-refractivity contribution is 6.16. The van der Waals surface area contributed by atoms with Crippen LogP contribution in [-0.4, -0.2) is 48.6 Å². The molecular weight excluding hydrogens is 402 g/mol. The van der Waals surface area contributed by atoms with E-state index < -0.39 is 24.4 Å². The van der Waals surface area contributed by atoms with Crippen LogP contribution in [0.2, 0.25) is 0 Å². The number of phenolic OH excluding ortho intramolecular Hbond substituents is 1. The van der Waals surface area contributed by atoms with Gasteiger partial charge < -0.3 is 25.2 Å². The molecule has 9 heteroatoms. The van der Waals surface area contributed by atoms with E-state index in [2.05, 4.69) is 10.6 Å². The van der Waals surface area contributed by atoms with E-state index in [4.69, 9.17) is 9.47 Å². The molecule has 1 aliphatic rings. The number of urea groups is 1. The fraction of sp³-hybridized carbons (Fsp3) is 0.227. The Morgan fingerprint density at radius 3 is 2.42 bits per heavy atom. The summed E-state index contributed by atoms with van der Waals surface area (Å²) in [6, 6.07) is 9.60. The Morgan fingerprint density at radius 1 is 1.16 bits per heavy atom. The van der Waals surface area contributed by atoms with E-state index in [1.54, 1.807) is 12.1 Å². The van der Waals surface area contributed by atoms with Gasteiger partial charge in [-0.1, -0.05) is 25.1 Å². The standard InChI is InChI=1S/C22H23N3O6/c1-4-14-7-5-6-8-15(14)23-19(26)12-25-21(28)16(24-22(25)29)9-13-10-17(30-2)20(27)18(11-13)31-3/h5-11,27H,4,12H2,1-3H3,(H,23,26)(H,24,29)/b16-9+. The number of anilines is 1. The van der Waals surface area contributed by atoms with E-state index in [9.17, 15) is 19.5 Å². The Balaban J connectivity index is 1.77. The number of aryl methyl sites for hydroxylation is 1. The van der Waals surface area contributed by atoms with E-state index in [-0.39, 0.29) is 22.9 Å². The largest absolute Gasteiger partial charge is 0.502 e. The number of carbonyl (C=O) groups excluding carboxylic acids is 3. The van der Waals surface area contributed by atoms with Gasteiger partial charge in [0.15, 0.2) is 11.5 Å². The van der Waals surface area contributed by atoms with Gasteiger partial charge in [-0.2, -0.15) is 0 Å². The smallest absolute Gasteiger partial charge is 0.329 e. The van der Waals surface area contributed by atoms with Crippen LogP contribution >= 0.6 is 0 Å². The zero-order valence-electron chi connectivity index (χ0n) is 17.4. The third-order valence-electron chi connectivity index (χ3n) is 4.75. The number of phenols is 1. The molecule has 4 amide bonds. The average molecular weight is 425 g/mol. The average Bonchev–Trinajstić information content (AvgIpc) is 3.02. The molecule has 1 saturated heterocycles. The van der Waals surface area contributed by atoms with Crippen molar-refractivity contribution in [3.8, 4) is 17.2 Å². The fourth-order valence-corrected chi connectivity index (χ4v) is 3.16. The molecule has 0 aliphatic carbocycles. The molecule has 0 saturated carbocycles. The molecule has 0 bridgehead atoms. The molecule has 2 aromatic rings. The zero-order chi connectivity index (χ0) is 22.5. The summed E-state index contributed by atoms with van der Waals surface area (Å²) in [4.78, 5) is 38.2. The van der Waals surface area contributed by atoms with E-state index in [1.165, 1.54) is 32.4 Å². The highest BCUT2D eigenvalue weighted by Crippen LogP contribution is 2.37. The lowest BCUT2D eigenvalue weighted by atomic mass is 10.1. The first-order chi connectivity index (χ1) is 14.9. The molecule has 3 N–H and O–H groups in total. The Hall–Kier alpha value is -4.01. The lowest BCUT2D eigenvalue weighted by molar-refractivity contribution is -0.127. The van der Waals surface area contributed by atoms with Crippen LogP contribution in [0.3, 0.4) is 0 Å². The number of hydrogen-bond donors (Lipinski definition) is 3. The van der Waals surface area contributed by atoms with Crippen LogP contribution in [0.15, 0.2) is 42.1 Å². The van der Waals surface area contributed by atoms with Crippen LogP contribution in [0.4, 0.5) is 10.5 Å². The lowest BCUT2D eigenvalue weighted by Gasteiger charge is -2.13. The van der Waals surface area contributed by atoms with Gasteiger partial charge in [-0.25, -0.2) is 9.69 Å². The van der Waals surface area contributed by atoms with Gasteiger partial charge in [0.25, 0.3) is 5.91 Å². The summed E-state index contributed by atoms with van der Waals surface area (Å²) < 4.78 is 10.2. The normalized spacial score (nSPS) is 14.5. The topological polar surface area (TPSA) is 117 Å². The van der Waals surface area contributed by atoms with E-state index in [1.807, 2.05) is 19.1 Å². The van der Waals surface area contributed by atoms with Crippen molar-refractivity contribution in [2.75, 3.05) is 26.1 Å². The number of rotatable bonds is 7. The first kappa shape index (κ1) is 21.7. The van der Waals surface area contributed by atoms with E-state index in [0.29, 0.717) is 11.3 Å². The predicted molar refractivity (Wildman–Crippen MR) is 114 cm³/mol. The summed E-state index contributed by atoms with van der Waals surface area (Å²) in [5.74, 6) is -1.02. The fourth-order valence-electron chi connectivity index (χ4n) is 3.16. The second kappa shape index (κ2) is 9.21. The quantitative estimate of drug-likeness (QED) is 0.464. The molecule has 2 aromatic carbocycles. The number of aromatic hydroxyl groups is 1. The molecule has 31 heavy (non-hydrogen) atoms. The second-order valence-electron chi connectivity index (χ2n) is 6.71. The zero-order valence-corrected chi connectivity index (χ0v) is 17.4.